The molecular weight excluding hydrogens is 339 g/mol. The van der Waals surface area contributed by atoms with Crippen molar-refractivity contribution in [2.24, 2.45) is 0 Å². The average Bonchev–Trinajstić information content (AvgIpc) is 2.54. The summed E-state index contributed by atoms with van der Waals surface area (Å²) in [6.07, 6.45) is 0. The van der Waals surface area contributed by atoms with Crippen LogP contribution < -0.4 is 40.0 Å². The number of nitrogen functional groups attached to an aromatic ring is 1. The second kappa shape index (κ2) is 7.35. The molecule has 0 aliphatic heterocycles. The Hall–Kier alpha value is -1.87. The summed E-state index contributed by atoms with van der Waals surface area (Å²) in [5.74, 6) is 0.0317. The Kier molecular flexibility index (Phi) is 5.66. The minimum atomic E-state index is -3.92. The fraction of sp³-hybridized carbons (Fsp3) is 0.0667. The summed E-state index contributed by atoms with van der Waals surface area (Å²) in [6, 6.07) is 12.8. The Balaban J connectivity index is 0.00000208. The number of hydrogen-bond donors (Lipinski definition) is 1. The molecule has 0 fully saturated rings. The number of benzene rings is 2. The van der Waals surface area contributed by atoms with Crippen molar-refractivity contribution in [3.63, 3.8) is 0 Å². The van der Waals surface area contributed by atoms with Gasteiger partial charge in [0.15, 0.2) is 0 Å². The maximum Gasteiger partial charge on any atom is 1.00 e. The predicted molar refractivity (Wildman–Crippen MR) is 87.1 cm³/mol. The zero-order chi connectivity index (χ0) is 16.4. The van der Waals surface area contributed by atoms with Crippen molar-refractivity contribution in [3.8, 4) is 6.01 Å². The second-order valence-corrected chi connectivity index (χ2v) is 6.29. The van der Waals surface area contributed by atoms with E-state index in [0.717, 1.165) is 0 Å². The van der Waals surface area contributed by atoms with Crippen LogP contribution in [0.3, 0.4) is 0 Å². The van der Waals surface area contributed by atoms with Crippen molar-refractivity contribution in [3.05, 3.63) is 53.3 Å². The van der Waals surface area contributed by atoms with E-state index in [2.05, 4.69) is 14.7 Å². The first-order valence-corrected chi connectivity index (χ1v) is 8.08. The molecule has 2 N–H and O–H groups in total. The molecule has 24 heavy (non-hydrogen) atoms. The van der Waals surface area contributed by atoms with E-state index in [1.165, 1.54) is 31.4 Å². The number of para-hydroxylation sites is 1. The summed E-state index contributed by atoms with van der Waals surface area (Å²) in [6.45, 7) is 0. The van der Waals surface area contributed by atoms with Crippen molar-refractivity contribution >= 4 is 32.4 Å². The largest absolute Gasteiger partial charge is 1.00 e. The van der Waals surface area contributed by atoms with Gasteiger partial charge in [-0.2, -0.15) is 0 Å². The van der Waals surface area contributed by atoms with Crippen LogP contribution in [0.4, 0.5) is 11.5 Å². The normalized spacial score (nSPS) is 10.9. The van der Waals surface area contributed by atoms with E-state index in [9.17, 15) is 8.42 Å². The fourth-order valence-electron chi connectivity index (χ4n) is 2.01. The van der Waals surface area contributed by atoms with Crippen molar-refractivity contribution in [1.29, 1.82) is 0 Å². The molecule has 1 heterocycles. The van der Waals surface area contributed by atoms with E-state index >= 15 is 0 Å². The summed E-state index contributed by atoms with van der Waals surface area (Å²) >= 11 is 0. The Morgan fingerprint density at radius 2 is 1.71 bits per heavy atom. The summed E-state index contributed by atoms with van der Waals surface area (Å²) in [4.78, 5) is 8.24. The summed E-state index contributed by atoms with van der Waals surface area (Å²) < 4.78 is 33.7. The Bertz CT molecular complexity index is 962. The number of fused-ring (bicyclic) bond motifs is 1. The van der Waals surface area contributed by atoms with E-state index in [-0.39, 0.29) is 46.3 Å². The van der Waals surface area contributed by atoms with Gasteiger partial charge < -0.3 is 20.2 Å². The van der Waals surface area contributed by atoms with Gasteiger partial charge in [0.05, 0.1) is 17.5 Å². The van der Waals surface area contributed by atoms with Gasteiger partial charge in [0.25, 0.3) is 0 Å². The van der Waals surface area contributed by atoms with E-state index in [1.807, 2.05) is 0 Å². The first kappa shape index (κ1) is 18.5. The molecule has 3 rings (SSSR count). The molecule has 9 heteroatoms. The summed E-state index contributed by atoms with van der Waals surface area (Å²) in [5.41, 5.74) is 6.59. The van der Waals surface area contributed by atoms with Crippen LogP contribution in [0.5, 0.6) is 6.01 Å². The van der Waals surface area contributed by atoms with Crippen molar-refractivity contribution in [2.45, 2.75) is 4.90 Å². The van der Waals surface area contributed by atoms with E-state index in [0.29, 0.717) is 16.6 Å². The molecule has 0 bridgehead atoms. The molecule has 2 aromatic carbocycles. The van der Waals surface area contributed by atoms with Crippen LogP contribution in [-0.4, -0.2) is 25.5 Å². The number of anilines is 1. The number of nitrogens with two attached hydrogens (primary N) is 1. The summed E-state index contributed by atoms with van der Waals surface area (Å²) in [7, 11) is -2.52. The fourth-order valence-corrected chi connectivity index (χ4v) is 2.96. The standard InChI is InChI=1S/C15H13N4O3S.Na/c1-22-15-17-13-5-3-2-4-12(13)14(18-15)19-23(20,21)11-8-6-10(16)7-9-11;/h2-9H,16H2,1H3;/q-1;+1. The number of aromatic nitrogens is 2. The SMILES string of the molecule is COc1nc([N-]S(=O)(=O)c2ccc(N)cc2)c2ccccc2n1.[Na+]. The van der Waals surface area contributed by atoms with Gasteiger partial charge in [-0.1, -0.05) is 18.2 Å². The van der Waals surface area contributed by atoms with Crippen LogP contribution in [-0.2, 0) is 10.0 Å². The first-order valence-electron chi connectivity index (χ1n) is 6.64. The van der Waals surface area contributed by atoms with Gasteiger partial charge in [-0.25, -0.2) is 13.4 Å². The molecule has 0 radical (unpaired) electrons. The van der Waals surface area contributed by atoms with Gasteiger partial charge in [-0.15, -0.1) is 0 Å². The first-order chi connectivity index (χ1) is 11.0. The van der Waals surface area contributed by atoms with Crippen LogP contribution >= 0.6 is 0 Å². The van der Waals surface area contributed by atoms with Crippen LogP contribution in [0.1, 0.15) is 0 Å². The van der Waals surface area contributed by atoms with Crippen LogP contribution in [0.25, 0.3) is 15.6 Å². The van der Waals surface area contributed by atoms with Gasteiger partial charge in [0, 0.05) is 5.69 Å². The number of ether oxygens (including phenoxy) is 1. The van der Waals surface area contributed by atoms with Crippen molar-refractivity contribution in [1.82, 2.24) is 9.97 Å². The van der Waals surface area contributed by atoms with Crippen LogP contribution in [0, 0.1) is 0 Å². The third-order valence-corrected chi connectivity index (χ3v) is 4.41. The molecule has 0 unspecified atom stereocenters. The molecule has 0 atom stereocenters. The molecule has 0 spiro atoms. The van der Waals surface area contributed by atoms with Gasteiger partial charge in [-0.05, 0) is 41.5 Å². The maximum absolute atomic E-state index is 12.4. The second-order valence-electron chi connectivity index (χ2n) is 4.69. The molecule has 0 aliphatic rings. The number of rotatable bonds is 4. The molecule has 0 amide bonds. The van der Waals surface area contributed by atoms with Crippen LogP contribution in [0.15, 0.2) is 53.4 Å². The molecule has 118 valence electrons. The molecule has 0 saturated carbocycles. The zero-order valence-corrected chi connectivity index (χ0v) is 16.0. The topological polar surface area (TPSA) is 109 Å². The van der Waals surface area contributed by atoms with E-state index in [4.69, 9.17) is 10.5 Å². The predicted octanol–water partition coefficient (Wildman–Crippen LogP) is -0.381. The Morgan fingerprint density at radius 3 is 2.38 bits per heavy atom. The number of hydrogen-bond acceptors (Lipinski definition) is 6. The van der Waals surface area contributed by atoms with E-state index in [1.54, 1.807) is 24.3 Å². The Labute approximate surface area is 161 Å². The third-order valence-electron chi connectivity index (χ3n) is 3.13. The summed E-state index contributed by atoms with van der Waals surface area (Å²) in [5, 5.41) is 0.521. The van der Waals surface area contributed by atoms with E-state index < -0.39 is 10.0 Å². The van der Waals surface area contributed by atoms with Gasteiger partial charge >= 0.3 is 29.6 Å². The monoisotopic (exact) mass is 352 g/mol. The molecule has 1 aromatic heterocycles. The number of nitrogens with zero attached hydrogens (tertiary/aromatic N) is 3. The van der Waals surface area contributed by atoms with Crippen LogP contribution in [0.2, 0.25) is 0 Å². The number of sulfonamides is 1. The molecule has 3 aromatic rings. The third kappa shape index (κ3) is 3.78. The molecular formula is C15H13N4NaO3S. The number of methoxy groups -OCH3 is 1. The minimum absolute atomic E-state index is 0. The van der Waals surface area contributed by atoms with Gasteiger partial charge in [0.2, 0.25) is 16.0 Å². The Morgan fingerprint density at radius 1 is 1.04 bits per heavy atom. The maximum atomic E-state index is 12.4. The van der Waals surface area contributed by atoms with Crippen molar-refractivity contribution in [2.75, 3.05) is 12.8 Å². The average molecular weight is 352 g/mol. The molecule has 0 saturated heterocycles. The minimum Gasteiger partial charge on any atom is -0.483 e. The smallest absolute Gasteiger partial charge is 0.483 e. The molecule has 7 nitrogen and oxygen atoms in total. The van der Waals surface area contributed by atoms with Gasteiger partial charge in [-0.3, -0.25) is 0 Å². The zero-order valence-electron chi connectivity index (χ0n) is 13.2. The quantitative estimate of drug-likeness (QED) is 0.506. The van der Waals surface area contributed by atoms with Crippen molar-refractivity contribution < 1.29 is 42.7 Å². The molecule has 0 aliphatic carbocycles. The van der Waals surface area contributed by atoms with Gasteiger partial charge in [0.1, 0.15) is 0 Å².